The number of amides is 1. The lowest BCUT2D eigenvalue weighted by molar-refractivity contribution is -0.136. The van der Waals surface area contributed by atoms with Gasteiger partial charge in [0.05, 0.1) is 12.1 Å². The molecule has 0 bridgehead atoms. The SMILES string of the molecule is Cc1cccc(C2CCCCN2C(=O)[C@H](C)N)c1C. The highest BCUT2D eigenvalue weighted by Crippen LogP contribution is 2.33. The first-order chi connectivity index (χ1) is 9.02. The second-order valence-electron chi connectivity index (χ2n) is 5.62. The molecule has 1 unspecified atom stereocenters. The summed E-state index contributed by atoms with van der Waals surface area (Å²) in [4.78, 5) is 14.3. The molecule has 1 saturated heterocycles. The lowest BCUT2D eigenvalue weighted by Gasteiger charge is -2.38. The molecule has 2 atom stereocenters. The van der Waals surface area contributed by atoms with Crippen molar-refractivity contribution in [3.8, 4) is 0 Å². The third-order valence-corrected chi connectivity index (χ3v) is 4.18. The van der Waals surface area contributed by atoms with E-state index >= 15 is 0 Å². The van der Waals surface area contributed by atoms with Crippen molar-refractivity contribution in [2.24, 2.45) is 5.73 Å². The molecule has 1 fully saturated rings. The Hall–Kier alpha value is -1.35. The summed E-state index contributed by atoms with van der Waals surface area (Å²) in [5, 5.41) is 0. The molecule has 0 radical (unpaired) electrons. The van der Waals surface area contributed by atoms with Crippen molar-refractivity contribution in [2.45, 2.75) is 52.1 Å². The maximum absolute atomic E-state index is 12.3. The quantitative estimate of drug-likeness (QED) is 0.888. The van der Waals surface area contributed by atoms with Gasteiger partial charge in [0.25, 0.3) is 0 Å². The van der Waals surface area contributed by atoms with Crippen LogP contribution >= 0.6 is 0 Å². The van der Waals surface area contributed by atoms with Gasteiger partial charge in [0, 0.05) is 6.54 Å². The molecular weight excluding hydrogens is 236 g/mol. The summed E-state index contributed by atoms with van der Waals surface area (Å²) in [7, 11) is 0. The van der Waals surface area contributed by atoms with Crippen molar-refractivity contribution >= 4 is 5.91 Å². The maximum atomic E-state index is 12.3. The molecule has 1 aromatic carbocycles. The first-order valence-corrected chi connectivity index (χ1v) is 7.14. The van der Waals surface area contributed by atoms with Crippen molar-refractivity contribution in [2.75, 3.05) is 6.54 Å². The molecule has 0 aromatic heterocycles. The zero-order chi connectivity index (χ0) is 14.0. The fraction of sp³-hybridized carbons (Fsp3) is 0.562. The van der Waals surface area contributed by atoms with Crippen LogP contribution in [0.2, 0.25) is 0 Å². The molecular formula is C16H24N2O. The molecule has 2 N–H and O–H groups in total. The normalized spacial score (nSPS) is 21.3. The maximum Gasteiger partial charge on any atom is 0.239 e. The van der Waals surface area contributed by atoms with Gasteiger partial charge in [-0.2, -0.15) is 0 Å². The Kier molecular flexibility index (Phi) is 4.25. The minimum atomic E-state index is -0.411. The predicted molar refractivity (Wildman–Crippen MR) is 77.9 cm³/mol. The molecule has 3 heteroatoms. The Morgan fingerprint density at radius 3 is 2.79 bits per heavy atom. The molecule has 1 aliphatic heterocycles. The van der Waals surface area contributed by atoms with Crippen LogP contribution in [0.5, 0.6) is 0 Å². The lowest BCUT2D eigenvalue weighted by Crippen LogP contribution is -2.46. The van der Waals surface area contributed by atoms with Crippen LogP contribution in [0.3, 0.4) is 0 Å². The van der Waals surface area contributed by atoms with E-state index < -0.39 is 6.04 Å². The number of hydrogen-bond donors (Lipinski definition) is 1. The number of hydrogen-bond acceptors (Lipinski definition) is 2. The van der Waals surface area contributed by atoms with Crippen molar-refractivity contribution in [3.63, 3.8) is 0 Å². The van der Waals surface area contributed by atoms with E-state index in [-0.39, 0.29) is 11.9 Å². The van der Waals surface area contributed by atoms with E-state index in [2.05, 4.69) is 32.0 Å². The summed E-state index contributed by atoms with van der Waals surface area (Å²) < 4.78 is 0. The third kappa shape index (κ3) is 2.81. The molecule has 1 aromatic rings. The number of nitrogens with zero attached hydrogens (tertiary/aromatic N) is 1. The van der Waals surface area contributed by atoms with E-state index in [1.54, 1.807) is 6.92 Å². The number of carbonyl (C=O) groups excluding carboxylic acids is 1. The highest BCUT2D eigenvalue weighted by Gasteiger charge is 2.30. The molecule has 2 rings (SSSR count). The van der Waals surface area contributed by atoms with Crippen molar-refractivity contribution in [1.82, 2.24) is 4.90 Å². The summed E-state index contributed by atoms with van der Waals surface area (Å²) >= 11 is 0. The molecule has 1 amide bonds. The summed E-state index contributed by atoms with van der Waals surface area (Å²) in [5.41, 5.74) is 9.66. The fourth-order valence-electron chi connectivity index (χ4n) is 2.92. The van der Waals surface area contributed by atoms with Crippen LogP contribution in [0.25, 0.3) is 0 Å². The van der Waals surface area contributed by atoms with Crippen molar-refractivity contribution in [1.29, 1.82) is 0 Å². The van der Waals surface area contributed by atoms with Crippen LogP contribution < -0.4 is 5.73 Å². The molecule has 0 saturated carbocycles. The second kappa shape index (κ2) is 5.74. The highest BCUT2D eigenvalue weighted by atomic mass is 16.2. The molecule has 1 heterocycles. The highest BCUT2D eigenvalue weighted by molar-refractivity contribution is 5.81. The Morgan fingerprint density at radius 2 is 2.11 bits per heavy atom. The van der Waals surface area contributed by atoms with Gasteiger partial charge in [-0.3, -0.25) is 4.79 Å². The number of rotatable bonds is 2. The molecule has 1 aliphatic rings. The van der Waals surface area contributed by atoms with Crippen LogP contribution in [0.4, 0.5) is 0 Å². The van der Waals surface area contributed by atoms with Gasteiger partial charge in [-0.25, -0.2) is 0 Å². The Bertz CT molecular complexity index is 468. The Balaban J connectivity index is 2.34. The van der Waals surface area contributed by atoms with E-state index in [1.807, 2.05) is 4.90 Å². The Morgan fingerprint density at radius 1 is 1.37 bits per heavy atom. The van der Waals surface area contributed by atoms with E-state index in [0.29, 0.717) is 0 Å². The minimum absolute atomic E-state index is 0.0746. The minimum Gasteiger partial charge on any atom is -0.334 e. The first kappa shape index (κ1) is 14.1. The van der Waals surface area contributed by atoms with Gasteiger partial charge >= 0.3 is 0 Å². The summed E-state index contributed by atoms with van der Waals surface area (Å²) in [6.07, 6.45) is 3.31. The van der Waals surface area contributed by atoms with Gasteiger partial charge in [-0.1, -0.05) is 18.2 Å². The largest absolute Gasteiger partial charge is 0.334 e. The van der Waals surface area contributed by atoms with Gasteiger partial charge < -0.3 is 10.6 Å². The molecule has 0 spiro atoms. The van der Waals surface area contributed by atoms with Gasteiger partial charge in [-0.15, -0.1) is 0 Å². The molecule has 19 heavy (non-hydrogen) atoms. The van der Waals surface area contributed by atoms with E-state index in [1.165, 1.54) is 23.1 Å². The fourth-order valence-corrected chi connectivity index (χ4v) is 2.92. The number of carbonyl (C=O) groups is 1. The summed E-state index contributed by atoms with van der Waals surface area (Å²) in [6.45, 7) is 6.88. The van der Waals surface area contributed by atoms with Crippen LogP contribution in [0.1, 0.15) is 48.9 Å². The summed E-state index contributed by atoms with van der Waals surface area (Å²) in [5.74, 6) is 0.0746. The monoisotopic (exact) mass is 260 g/mol. The second-order valence-corrected chi connectivity index (χ2v) is 5.62. The smallest absolute Gasteiger partial charge is 0.239 e. The number of piperidine rings is 1. The number of nitrogens with two attached hydrogens (primary N) is 1. The van der Waals surface area contributed by atoms with Gasteiger partial charge in [0.15, 0.2) is 0 Å². The van der Waals surface area contributed by atoms with Crippen LogP contribution in [0, 0.1) is 13.8 Å². The van der Waals surface area contributed by atoms with E-state index in [0.717, 1.165) is 19.4 Å². The van der Waals surface area contributed by atoms with Crippen LogP contribution in [-0.2, 0) is 4.79 Å². The van der Waals surface area contributed by atoms with Crippen LogP contribution in [0.15, 0.2) is 18.2 Å². The van der Waals surface area contributed by atoms with Crippen LogP contribution in [-0.4, -0.2) is 23.4 Å². The molecule has 3 nitrogen and oxygen atoms in total. The van der Waals surface area contributed by atoms with E-state index in [4.69, 9.17) is 5.73 Å². The number of benzene rings is 1. The lowest BCUT2D eigenvalue weighted by atomic mass is 9.90. The number of likely N-dealkylation sites (tertiary alicyclic amines) is 1. The zero-order valence-corrected chi connectivity index (χ0v) is 12.1. The zero-order valence-electron chi connectivity index (χ0n) is 12.1. The van der Waals surface area contributed by atoms with Gasteiger partial charge in [0.1, 0.15) is 0 Å². The predicted octanol–water partition coefficient (Wildman–Crippen LogP) is 2.70. The van der Waals surface area contributed by atoms with Gasteiger partial charge in [-0.05, 0) is 56.7 Å². The van der Waals surface area contributed by atoms with Gasteiger partial charge in [0.2, 0.25) is 5.91 Å². The van der Waals surface area contributed by atoms with Crippen molar-refractivity contribution < 1.29 is 4.79 Å². The average Bonchev–Trinajstić information content (AvgIpc) is 2.41. The van der Waals surface area contributed by atoms with E-state index in [9.17, 15) is 4.79 Å². The van der Waals surface area contributed by atoms with Crippen molar-refractivity contribution in [3.05, 3.63) is 34.9 Å². The molecule has 0 aliphatic carbocycles. The average molecular weight is 260 g/mol. The first-order valence-electron chi connectivity index (χ1n) is 7.14. The molecule has 104 valence electrons. The third-order valence-electron chi connectivity index (χ3n) is 4.18. The topological polar surface area (TPSA) is 46.3 Å². The number of aryl methyl sites for hydroxylation is 1. The standard InChI is InChI=1S/C16H24N2O/c1-11-7-6-8-14(12(11)2)15-9-4-5-10-18(15)16(19)13(3)17/h6-8,13,15H,4-5,9-10,17H2,1-3H3/t13-,15?/m0/s1. The Labute approximate surface area is 115 Å². The summed E-state index contributed by atoms with van der Waals surface area (Å²) in [6, 6.07) is 6.15.